The number of aromatic nitrogens is 3. The fraction of sp³-hybridized carbons (Fsp3) is 0.333. The van der Waals surface area contributed by atoms with Crippen molar-refractivity contribution >= 4 is 10.0 Å². The van der Waals surface area contributed by atoms with Crippen molar-refractivity contribution in [1.82, 2.24) is 19.1 Å². The van der Waals surface area contributed by atoms with Crippen molar-refractivity contribution in [1.29, 1.82) is 0 Å². The SMILES string of the molecule is O=S(=O)(c1ccc2c(c1)CCC2)N1CCCn2nc(-c3ccncc3)cc2C1. The highest BCUT2D eigenvalue weighted by Gasteiger charge is 2.29. The van der Waals surface area contributed by atoms with Gasteiger partial charge in [0.25, 0.3) is 0 Å². The molecular weight excluding hydrogens is 372 g/mol. The molecule has 0 unspecified atom stereocenters. The van der Waals surface area contributed by atoms with Crippen LogP contribution in [0.2, 0.25) is 0 Å². The van der Waals surface area contributed by atoms with Crippen LogP contribution >= 0.6 is 0 Å². The predicted octanol–water partition coefficient (Wildman–Crippen LogP) is 3.03. The van der Waals surface area contributed by atoms with Gasteiger partial charge in [-0.15, -0.1) is 0 Å². The van der Waals surface area contributed by atoms with E-state index < -0.39 is 10.0 Å². The Morgan fingerprint density at radius 1 is 0.893 bits per heavy atom. The predicted molar refractivity (Wildman–Crippen MR) is 106 cm³/mol. The molecule has 0 spiro atoms. The molecule has 3 heterocycles. The minimum absolute atomic E-state index is 0.345. The highest BCUT2D eigenvalue weighted by molar-refractivity contribution is 7.89. The van der Waals surface area contributed by atoms with E-state index in [2.05, 4.69) is 10.1 Å². The number of hydrogen-bond donors (Lipinski definition) is 0. The molecule has 0 saturated heterocycles. The maximum atomic E-state index is 13.3. The van der Waals surface area contributed by atoms with E-state index in [0.29, 0.717) is 18.0 Å². The van der Waals surface area contributed by atoms with Gasteiger partial charge in [-0.3, -0.25) is 9.67 Å². The van der Waals surface area contributed by atoms with Crippen molar-refractivity contribution in [3.63, 3.8) is 0 Å². The van der Waals surface area contributed by atoms with Gasteiger partial charge in [-0.1, -0.05) is 6.07 Å². The largest absolute Gasteiger partial charge is 0.268 e. The number of pyridine rings is 1. The Morgan fingerprint density at radius 2 is 1.71 bits per heavy atom. The van der Waals surface area contributed by atoms with E-state index in [1.165, 1.54) is 11.1 Å². The third-order valence-electron chi connectivity index (χ3n) is 5.66. The molecule has 2 aliphatic rings. The number of aryl methyl sites for hydroxylation is 3. The molecule has 0 fully saturated rings. The van der Waals surface area contributed by atoms with Crippen molar-refractivity contribution in [2.24, 2.45) is 0 Å². The van der Waals surface area contributed by atoms with Crippen LogP contribution in [0.25, 0.3) is 11.3 Å². The lowest BCUT2D eigenvalue weighted by Gasteiger charge is -2.20. The van der Waals surface area contributed by atoms with Gasteiger partial charge >= 0.3 is 0 Å². The molecule has 0 N–H and O–H groups in total. The van der Waals surface area contributed by atoms with Gasteiger partial charge in [-0.2, -0.15) is 9.40 Å². The van der Waals surface area contributed by atoms with Gasteiger partial charge < -0.3 is 0 Å². The van der Waals surface area contributed by atoms with E-state index in [4.69, 9.17) is 0 Å². The van der Waals surface area contributed by atoms with Crippen LogP contribution in [0.3, 0.4) is 0 Å². The highest BCUT2D eigenvalue weighted by atomic mass is 32.2. The Labute approximate surface area is 164 Å². The summed E-state index contributed by atoms with van der Waals surface area (Å²) in [6.45, 7) is 1.57. The van der Waals surface area contributed by atoms with Gasteiger partial charge in [0.2, 0.25) is 10.0 Å². The molecule has 144 valence electrons. The summed E-state index contributed by atoms with van der Waals surface area (Å²) in [5, 5.41) is 4.68. The standard InChI is InChI=1S/C21H22N4O2S/c26-28(27,20-6-5-16-3-1-4-18(16)13-20)24-11-2-12-25-19(15-24)14-21(23-25)17-7-9-22-10-8-17/h5-10,13-14H,1-4,11-12,15H2. The monoisotopic (exact) mass is 394 g/mol. The molecule has 0 amide bonds. The molecule has 3 aromatic rings. The summed E-state index contributed by atoms with van der Waals surface area (Å²) in [5.74, 6) is 0. The van der Waals surface area contributed by atoms with E-state index >= 15 is 0 Å². The first-order valence-corrected chi connectivity index (χ1v) is 11.1. The number of benzene rings is 1. The second kappa shape index (κ2) is 6.83. The molecule has 5 rings (SSSR count). The zero-order chi connectivity index (χ0) is 19.1. The number of hydrogen-bond acceptors (Lipinski definition) is 4. The molecule has 0 radical (unpaired) electrons. The third kappa shape index (κ3) is 3.04. The number of fused-ring (bicyclic) bond motifs is 2. The van der Waals surface area contributed by atoms with Crippen molar-refractivity contribution in [2.45, 2.75) is 43.7 Å². The second-order valence-electron chi connectivity index (χ2n) is 7.46. The van der Waals surface area contributed by atoms with Gasteiger partial charge in [0, 0.05) is 31.0 Å². The van der Waals surface area contributed by atoms with Gasteiger partial charge in [0.15, 0.2) is 0 Å². The summed E-state index contributed by atoms with van der Waals surface area (Å²) in [7, 11) is -3.52. The quantitative estimate of drug-likeness (QED) is 0.685. The summed E-state index contributed by atoms with van der Waals surface area (Å²) in [6, 6.07) is 11.5. The lowest BCUT2D eigenvalue weighted by Crippen LogP contribution is -2.31. The van der Waals surface area contributed by atoms with Crippen LogP contribution in [0.4, 0.5) is 0 Å². The fourth-order valence-electron chi connectivity index (χ4n) is 4.16. The minimum Gasteiger partial charge on any atom is -0.268 e. The van der Waals surface area contributed by atoms with Gasteiger partial charge in [0.05, 0.1) is 22.8 Å². The van der Waals surface area contributed by atoms with E-state index in [9.17, 15) is 8.42 Å². The number of sulfonamides is 1. The summed E-state index contributed by atoms with van der Waals surface area (Å²) in [5.41, 5.74) is 5.24. The van der Waals surface area contributed by atoms with Crippen molar-refractivity contribution in [2.75, 3.05) is 6.54 Å². The molecule has 2 aromatic heterocycles. The molecule has 0 atom stereocenters. The zero-order valence-electron chi connectivity index (χ0n) is 15.6. The Balaban J connectivity index is 1.46. The van der Waals surface area contributed by atoms with Crippen LogP contribution in [0.5, 0.6) is 0 Å². The van der Waals surface area contributed by atoms with Crippen LogP contribution in [0.1, 0.15) is 29.7 Å². The molecular formula is C21H22N4O2S. The summed E-state index contributed by atoms with van der Waals surface area (Å²) >= 11 is 0. The van der Waals surface area contributed by atoms with Crippen LogP contribution in [0.15, 0.2) is 53.7 Å². The highest BCUT2D eigenvalue weighted by Crippen LogP contribution is 2.28. The van der Waals surface area contributed by atoms with Crippen LogP contribution < -0.4 is 0 Å². The molecule has 1 aliphatic carbocycles. The van der Waals surface area contributed by atoms with Gasteiger partial charge in [-0.05, 0) is 67.1 Å². The molecule has 6 nitrogen and oxygen atoms in total. The Bertz CT molecular complexity index is 1120. The average molecular weight is 395 g/mol. The van der Waals surface area contributed by atoms with Crippen molar-refractivity contribution in [3.8, 4) is 11.3 Å². The lowest BCUT2D eigenvalue weighted by atomic mass is 10.1. The lowest BCUT2D eigenvalue weighted by molar-refractivity contribution is 0.410. The van der Waals surface area contributed by atoms with Crippen LogP contribution in [0, 0.1) is 0 Å². The van der Waals surface area contributed by atoms with E-state index in [1.54, 1.807) is 22.8 Å². The molecule has 0 bridgehead atoms. The van der Waals surface area contributed by atoms with Crippen LogP contribution in [-0.2, 0) is 36.0 Å². The van der Waals surface area contributed by atoms with E-state index in [0.717, 1.165) is 49.2 Å². The minimum atomic E-state index is -3.52. The van der Waals surface area contributed by atoms with Crippen LogP contribution in [-0.4, -0.2) is 34.0 Å². The Hall–Kier alpha value is -2.51. The zero-order valence-corrected chi connectivity index (χ0v) is 16.4. The molecule has 1 aliphatic heterocycles. The third-order valence-corrected chi connectivity index (χ3v) is 7.50. The Morgan fingerprint density at radius 3 is 2.57 bits per heavy atom. The number of rotatable bonds is 3. The molecule has 28 heavy (non-hydrogen) atoms. The van der Waals surface area contributed by atoms with Crippen molar-refractivity contribution in [3.05, 3.63) is 65.6 Å². The average Bonchev–Trinajstić information content (AvgIpc) is 3.29. The van der Waals surface area contributed by atoms with E-state index in [-0.39, 0.29) is 0 Å². The second-order valence-corrected chi connectivity index (χ2v) is 9.39. The summed E-state index contributed by atoms with van der Waals surface area (Å²) in [6.07, 6.45) is 7.36. The topological polar surface area (TPSA) is 68.1 Å². The number of nitrogens with zero attached hydrogens (tertiary/aromatic N) is 4. The van der Waals surface area contributed by atoms with Crippen molar-refractivity contribution < 1.29 is 8.42 Å². The first-order chi connectivity index (χ1) is 13.6. The smallest absolute Gasteiger partial charge is 0.243 e. The molecule has 0 saturated carbocycles. The van der Waals surface area contributed by atoms with Gasteiger partial charge in [0.1, 0.15) is 0 Å². The maximum Gasteiger partial charge on any atom is 0.243 e. The summed E-state index contributed by atoms with van der Waals surface area (Å²) in [4.78, 5) is 4.46. The fourth-order valence-corrected chi connectivity index (χ4v) is 5.66. The summed E-state index contributed by atoms with van der Waals surface area (Å²) < 4.78 is 30.2. The first-order valence-electron chi connectivity index (χ1n) is 9.70. The first kappa shape index (κ1) is 17.6. The van der Waals surface area contributed by atoms with E-state index in [1.807, 2.05) is 35.0 Å². The molecule has 7 heteroatoms. The maximum absolute atomic E-state index is 13.3. The normalized spacial score (nSPS) is 17.1. The Kier molecular flexibility index (Phi) is 4.29. The molecule has 1 aromatic carbocycles. The van der Waals surface area contributed by atoms with Gasteiger partial charge in [-0.25, -0.2) is 8.42 Å².